The number of alkyl halides is 5. The molecule has 0 aromatic rings. The first-order valence-electron chi connectivity index (χ1n) is 4.03. The highest BCUT2D eigenvalue weighted by atomic mass is 127. The highest BCUT2D eigenvalue weighted by Gasteiger charge is 2.76. The van der Waals surface area contributed by atoms with E-state index < -0.39 is 27.2 Å². The highest BCUT2D eigenvalue weighted by Crippen LogP contribution is 2.50. The molecule has 0 saturated heterocycles. The number of nitrogens with zero attached hydrogens (tertiary/aromatic N) is 1. The normalized spacial score (nSPS) is 26.1. The van der Waals surface area contributed by atoms with E-state index in [1.807, 2.05) is 0 Å². The minimum atomic E-state index is -5.98. The van der Waals surface area contributed by atoms with Gasteiger partial charge in [0.15, 0.2) is 0 Å². The molecule has 0 aromatic carbocycles. The van der Waals surface area contributed by atoms with Crippen molar-refractivity contribution in [1.82, 2.24) is 10.4 Å². The lowest BCUT2D eigenvalue weighted by molar-refractivity contribution is -0.305. The molecule has 4 nitrogen and oxygen atoms in total. The van der Waals surface area contributed by atoms with E-state index >= 15 is 0 Å². The highest BCUT2D eigenvalue weighted by molar-refractivity contribution is 14.1. The Morgan fingerprint density at radius 2 is 1.94 bits per heavy atom. The van der Waals surface area contributed by atoms with Gasteiger partial charge in [0.2, 0.25) is 5.54 Å². The second-order valence-corrected chi connectivity index (χ2v) is 4.49. The number of aliphatic carboxylic acids is 1. The van der Waals surface area contributed by atoms with Gasteiger partial charge in [0.1, 0.15) is 0 Å². The van der Waals surface area contributed by atoms with Crippen molar-refractivity contribution >= 4 is 28.6 Å². The van der Waals surface area contributed by atoms with Gasteiger partial charge in [-0.1, -0.05) is 0 Å². The molecule has 0 saturated carbocycles. The molecular weight excluding hydrogens is 366 g/mol. The molecule has 1 aliphatic heterocycles. The fraction of sp³-hybridized carbons (Fsp3) is 0.571. The quantitative estimate of drug-likeness (QED) is 0.573. The van der Waals surface area contributed by atoms with Crippen LogP contribution in [0.1, 0.15) is 0 Å². The Morgan fingerprint density at radius 1 is 1.47 bits per heavy atom. The maximum absolute atomic E-state index is 13.3. The molecule has 0 bridgehead atoms. The smallest absolute Gasteiger partial charge is 0.456 e. The van der Waals surface area contributed by atoms with Crippen molar-refractivity contribution < 1.29 is 31.9 Å². The van der Waals surface area contributed by atoms with Gasteiger partial charge in [0, 0.05) is 16.8 Å². The molecule has 1 aliphatic rings. The molecule has 17 heavy (non-hydrogen) atoms. The van der Waals surface area contributed by atoms with Crippen molar-refractivity contribution in [1.29, 1.82) is 0 Å². The first kappa shape index (κ1) is 14.4. The predicted molar refractivity (Wildman–Crippen MR) is 54.4 cm³/mol. The van der Waals surface area contributed by atoms with Gasteiger partial charge >= 0.3 is 18.1 Å². The Hall–Kier alpha value is -0.650. The molecule has 0 aromatic heterocycles. The summed E-state index contributed by atoms with van der Waals surface area (Å²) in [7, 11) is 1.12. The number of carboxylic acid groups (broad SMARTS) is 1. The molecule has 1 atom stereocenters. The fourth-order valence-electron chi connectivity index (χ4n) is 1.33. The second-order valence-electron chi connectivity index (χ2n) is 3.33. The summed E-state index contributed by atoms with van der Waals surface area (Å²) in [6, 6.07) is 0. The average Bonchev–Trinajstić information content (AvgIpc) is 2.40. The molecule has 0 aliphatic carbocycles. The Kier molecular flexibility index (Phi) is 3.33. The topological polar surface area (TPSA) is 52.6 Å². The summed E-state index contributed by atoms with van der Waals surface area (Å²) in [4.78, 5) is 10.9. The third-order valence-electron chi connectivity index (χ3n) is 2.16. The predicted octanol–water partition coefficient (Wildman–Crippen LogP) is 1.73. The fourth-order valence-corrected chi connectivity index (χ4v) is 2.44. The minimum Gasteiger partial charge on any atom is -0.479 e. The van der Waals surface area contributed by atoms with Crippen LogP contribution in [0.4, 0.5) is 22.0 Å². The maximum Gasteiger partial charge on any atom is 0.456 e. The number of carbonyl (C=O) groups is 1. The Balaban J connectivity index is 3.40. The standard InChI is InChI=1S/C7H6F5IN2O2/c1-15-2-3(13)5(14-15,4(16)17)6(8,9)7(10,11)12/h2,14H,1H3,(H,16,17). The van der Waals surface area contributed by atoms with E-state index in [-0.39, 0.29) is 0 Å². The number of halogens is 6. The largest absolute Gasteiger partial charge is 0.479 e. The van der Waals surface area contributed by atoms with Crippen molar-refractivity contribution in [2.45, 2.75) is 17.6 Å². The zero-order valence-corrected chi connectivity index (χ0v) is 10.3. The molecule has 1 rings (SSSR count). The van der Waals surface area contributed by atoms with Crippen molar-refractivity contribution in [2.24, 2.45) is 0 Å². The molecule has 0 spiro atoms. The van der Waals surface area contributed by atoms with Crippen LogP contribution in [-0.2, 0) is 4.79 Å². The van der Waals surface area contributed by atoms with E-state index in [1.165, 1.54) is 0 Å². The third-order valence-corrected chi connectivity index (χ3v) is 3.24. The monoisotopic (exact) mass is 372 g/mol. The molecule has 1 unspecified atom stereocenters. The van der Waals surface area contributed by atoms with Crippen LogP contribution in [0.15, 0.2) is 9.78 Å². The first-order valence-corrected chi connectivity index (χ1v) is 5.11. The lowest BCUT2D eigenvalue weighted by Crippen LogP contribution is -2.68. The van der Waals surface area contributed by atoms with Crippen molar-refractivity contribution in [3.63, 3.8) is 0 Å². The van der Waals surface area contributed by atoms with Gasteiger partial charge in [0.25, 0.3) is 0 Å². The number of carboxylic acids is 1. The lowest BCUT2D eigenvalue weighted by Gasteiger charge is -2.35. The van der Waals surface area contributed by atoms with E-state index in [2.05, 4.69) is 0 Å². The summed E-state index contributed by atoms with van der Waals surface area (Å²) in [6.07, 6.45) is -5.12. The number of hydrogen-bond donors (Lipinski definition) is 2. The van der Waals surface area contributed by atoms with E-state index in [1.54, 1.807) is 5.43 Å². The average molecular weight is 372 g/mol. The summed E-state index contributed by atoms with van der Waals surface area (Å²) in [5, 5.41) is 9.48. The van der Waals surface area contributed by atoms with E-state index in [0.717, 1.165) is 40.8 Å². The van der Waals surface area contributed by atoms with Gasteiger partial charge in [0.05, 0.1) is 0 Å². The van der Waals surface area contributed by atoms with Crippen LogP contribution in [0.2, 0.25) is 0 Å². The summed E-state index contributed by atoms with van der Waals surface area (Å²) >= 11 is 1.14. The van der Waals surface area contributed by atoms with Crippen molar-refractivity contribution in [2.75, 3.05) is 7.05 Å². The van der Waals surface area contributed by atoms with Gasteiger partial charge in [-0.15, -0.1) is 0 Å². The summed E-state index contributed by atoms with van der Waals surface area (Å²) in [5.74, 6) is -7.74. The minimum absolute atomic E-state index is 0.660. The molecule has 0 amide bonds. The van der Waals surface area contributed by atoms with Crippen LogP contribution in [0, 0.1) is 0 Å². The summed E-state index contributed by atoms with van der Waals surface area (Å²) in [5.41, 5.74) is -1.89. The zero-order valence-electron chi connectivity index (χ0n) is 8.15. The van der Waals surface area contributed by atoms with Crippen molar-refractivity contribution in [3.8, 4) is 0 Å². The molecule has 2 N–H and O–H groups in total. The van der Waals surface area contributed by atoms with E-state index in [4.69, 9.17) is 5.11 Å². The summed E-state index contributed by atoms with van der Waals surface area (Å²) < 4.78 is 62.9. The molecule has 10 heteroatoms. The second kappa shape index (κ2) is 3.93. The Bertz CT molecular complexity index is 383. The van der Waals surface area contributed by atoms with Crippen LogP contribution < -0.4 is 5.43 Å². The maximum atomic E-state index is 13.3. The number of hydrazine groups is 1. The molecule has 98 valence electrons. The number of rotatable bonds is 2. The van der Waals surface area contributed by atoms with Gasteiger partial charge in [-0.25, -0.2) is 10.2 Å². The zero-order chi connectivity index (χ0) is 13.6. The van der Waals surface area contributed by atoms with E-state index in [9.17, 15) is 26.7 Å². The Morgan fingerprint density at radius 3 is 2.18 bits per heavy atom. The van der Waals surface area contributed by atoms with Gasteiger partial charge in [-0.2, -0.15) is 22.0 Å². The van der Waals surface area contributed by atoms with Crippen LogP contribution in [0.3, 0.4) is 0 Å². The van der Waals surface area contributed by atoms with Crippen LogP contribution in [-0.4, -0.2) is 40.8 Å². The van der Waals surface area contributed by atoms with Crippen LogP contribution >= 0.6 is 22.6 Å². The molecule has 0 radical (unpaired) electrons. The molecular formula is C7H6F5IN2O2. The summed E-state index contributed by atoms with van der Waals surface area (Å²) in [6.45, 7) is 0. The lowest BCUT2D eigenvalue weighted by atomic mass is 9.92. The van der Waals surface area contributed by atoms with Crippen LogP contribution in [0.5, 0.6) is 0 Å². The third kappa shape index (κ3) is 1.86. The first-order chi connectivity index (χ1) is 7.47. The van der Waals surface area contributed by atoms with Gasteiger partial charge in [-0.3, -0.25) is 0 Å². The number of nitrogens with one attached hydrogen (secondary N) is 1. The molecule has 1 heterocycles. The molecule has 0 fully saturated rings. The number of hydrogen-bond acceptors (Lipinski definition) is 3. The van der Waals surface area contributed by atoms with Crippen LogP contribution in [0.25, 0.3) is 0 Å². The van der Waals surface area contributed by atoms with Crippen molar-refractivity contribution in [3.05, 3.63) is 9.78 Å². The van der Waals surface area contributed by atoms with Gasteiger partial charge in [-0.05, 0) is 22.6 Å². The van der Waals surface area contributed by atoms with Gasteiger partial charge < -0.3 is 10.1 Å². The Labute approximate surface area is 106 Å². The van der Waals surface area contributed by atoms with E-state index in [0.29, 0.717) is 0 Å². The SMILES string of the molecule is CN1C=C(I)C(C(=O)O)(C(F)(F)C(F)(F)F)N1.